The second-order valence-corrected chi connectivity index (χ2v) is 5.15. The molecule has 80 valence electrons. The maximum atomic E-state index is 11.5. The molecule has 0 bridgehead atoms. The first-order valence-electron chi connectivity index (χ1n) is 5.13. The normalized spacial score (nSPS) is 26.7. The van der Waals surface area contributed by atoms with Crippen molar-refractivity contribution < 1.29 is 4.79 Å². The minimum Gasteiger partial charge on any atom is -0.307 e. The van der Waals surface area contributed by atoms with Crippen LogP contribution in [0.2, 0.25) is 0 Å². The summed E-state index contributed by atoms with van der Waals surface area (Å²) in [6, 6.07) is 8.14. The summed E-state index contributed by atoms with van der Waals surface area (Å²) in [7, 11) is 0. The van der Waals surface area contributed by atoms with E-state index in [1.807, 2.05) is 12.1 Å². The van der Waals surface area contributed by atoms with Crippen LogP contribution in [0.5, 0.6) is 0 Å². The van der Waals surface area contributed by atoms with E-state index >= 15 is 0 Å². The molecular weight excluding hydrogens is 254 g/mol. The van der Waals surface area contributed by atoms with Crippen LogP contribution >= 0.6 is 15.9 Å². The number of nitrogens with one attached hydrogen (secondary N) is 1. The molecule has 1 unspecified atom stereocenters. The highest BCUT2D eigenvalue weighted by Gasteiger charge is 2.32. The lowest BCUT2D eigenvalue weighted by atomic mass is 9.83. The van der Waals surface area contributed by atoms with E-state index in [9.17, 15) is 4.79 Å². The lowest BCUT2D eigenvalue weighted by Crippen LogP contribution is -2.46. The molecule has 1 heterocycles. The first-order valence-corrected chi connectivity index (χ1v) is 5.92. The van der Waals surface area contributed by atoms with Crippen molar-refractivity contribution in [1.29, 1.82) is 0 Å². The van der Waals surface area contributed by atoms with E-state index in [4.69, 9.17) is 0 Å². The van der Waals surface area contributed by atoms with Gasteiger partial charge in [-0.3, -0.25) is 4.79 Å². The van der Waals surface area contributed by atoms with Gasteiger partial charge in [0, 0.05) is 29.4 Å². The minimum atomic E-state index is -0.195. The van der Waals surface area contributed by atoms with Crippen LogP contribution in [0, 0.1) is 0 Å². The number of halogens is 1. The summed E-state index contributed by atoms with van der Waals surface area (Å²) >= 11 is 3.46. The average Bonchev–Trinajstić information content (AvgIpc) is 2.17. The van der Waals surface area contributed by atoms with Crippen molar-refractivity contribution in [3.8, 4) is 0 Å². The van der Waals surface area contributed by atoms with Crippen LogP contribution in [-0.2, 0) is 10.3 Å². The summed E-state index contributed by atoms with van der Waals surface area (Å²) in [4.78, 5) is 11.5. The number of rotatable bonds is 1. The third kappa shape index (κ3) is 2.29. The molecule has 0 spiro atoms. The van der Waals surface area contributed by atoms with Gasteiger partial charge in [0.15, 0.2) is 0 Å². The number of ketones is 1. The second kappa shape index (κ2) is 4.06. The van der Waals surface area contributed by atoms with Crippen molar-refractivity contribution in [2.24, 2.45) is 0 Å². The quantitative estimate of drug-likeness (QED) is 0.848. The number of carbonyl (C=O) groups is 1. The topological polar surface area (TPSA) is 29.1 Å². The summed E-state index contributed by atoms with van der Waals surface area (Å²) in [6.07, 6.45) is 1.24. The zero-order valence-electron chi connectivity index (χ0n) is 8.72. The summed E-state index contributed by atoms with van der Waals surface area (Å²) in [5.74, 6) is 0.344. The molecule has 1 aromatic carbocycles. The van der Waals surface area contributed by atoms with Crippen molar-refractivity contribution in [3.05, 3.63) is 34.3 Å². The fraction of sp³-hybridized carbons (Fsp3) is 0.417. The SMILES string of the molecule is CC1(c2cccc(Br)c2)CC(=O)CCN1. The Morgan fingerprint density at radius 3 is 2.93 bits per heavy atom. The van der Waals surface area contributed by atoms with Crippen LogP contribution in [0.4, 0.5) is 0 Å². The molecule has 1 atom stereocenters. The lowest BCUT2D eigenvalue weighted by Gasteiger charge is -2.34. The number of hydrogen-bond acceptors (Lipinski definition) is 2. The Morgan fingerprint density at radius 1 is 1.47 bits per heavy atom. The number of carbonyl (C=O) groups excluding carboxylic acids is 1. The van der Waals surface area contributed by atoms with Crippen LogP contribution in [0.15, 0.2) is 28.7 Å². The van der Waals surface area contributed by atoms with E-state index in [-0.39, 0.29) is 5.54 Å². The van der Waals surface area contributed by atoms with Crippen molar-refractivity contribution in [1.82, 2.24) is 5.32 Å². The van der Waals surface area contributed by atoms with Gasteiger partial charge in [0.05, 0.1) is 0 Å². The Kier molecular flexibility index (Phi) is 2.94. The van der Waals surface area contributed by atoms with Crippen LogP contribution < -0.4 is 5.32 Å². The molecule has 1 saturated heterocycles. The van der Waals surface area contributed by atoms with E-state index in [1.165, 1.54) is 5.56 Å². The summed E-state index contributed by atoms with van der Waals surface area (Å²) in [6.45, 7) is 2.87. The summed E-state index contributed by atoms with van der Waals surface area (Å²) in [5, 5.41) is 3.43. The van der Waals surface area contributed by atoms with Gasteiger partial charge < -0.3 is 5.32 Å². The molecule has 0 radical (unpaired) electrons. The Hall–Kier alpha value is -0.670. The zero-order chi connectivity index (χ0) is 10.9. The highest BCUT2D eigenvalue weighted by atomic mass is 79.9. The zero-order valence-corrected chi connectivity index (χ0v) is 10.3. The number of hydrogen-bond donors (Lipinski definition) is 1. The van der Waals surface area contributed by atoms with Gasteiger partial charge in [-0.05, 0) is 24.6 Å². The standard InChI is InChI=1S/C12H14BrNO/c1-12(8-11(15)5-6-14-12)9-3-2-4-10(13)7-9/h2-4,7,14H,5-6,8H2,1H3. The van der Waals surface area contributed by atoms with Gasteiger partial charge in [0.1, 0.15) is 5.78 Å². The molecule has 0 amide bonds. The summed E-state index contributed by atoms with van der Waals surface area (Å²) < 4.78 is 1.06. The monoisotopic (exact) mass is 267 g/mol. The fourth-order valence-electron chi connectivity index (χ4n) is 2.06. The van der Waals surface area contributed by atoms with Crippen molar-refractivity contribution in [2.75, 3.05) is 6.54 Å². The maximum absolute atomic E-state index is 11.5. The highest BCUT2D eigenvalue weighted by molar-refractivity contribution is 9.10. The molecule has 1 N–H and O–H groups in total. The van der Waals surface area contributed by atoms with Gasteiger partial charge in [-0.1, -0.05) is 28.1 Å². The number of piperidine rings is 1. The van der Waals surface area contributed by atoms with Crippen LogP contribution in [0.25, 0.3) is 0 Å². The first kappa shape index (κ1) is 10.8. The van der Waals surface area contributed by atoms with Gasteiger partial charge in [-0.2, -0.15) is 0 Å². The predicted octanol–water partition coefficient (Wildman–Crippen LogP) is 2.62. The molecule has 3 heteroatoms. The highest BCUT2D eigenvalue weighted by Crippen LogP contribution is 2.29. The third-order valence-electron chi connectivity index (χ3n) is 2.93. The maximum Gasteiger partial charge on any atom is 0.136 e. The Bertz CT molecular complexity index is 391. The molecule has 1 aliphatic rings. The molecule has 0 aromatic heterocycles. The number of Topliss-reactive ketones (excluding diaryl/α,β-unsaturated/α-hetero) is 1. The van der Waals surface area contributed by atoms with E-state index in [0.717, 1.165) is 11.0 Å². The largest absolute Gasteiger partial charge is 0.307 e. The van der Waals surface area contributed by atoms with E-state index < -0.39 is 0 Å². The van der Waals surface area contributed by atoms with Gasteiger partial charge >= 0.3 is 0 Å². The molecule has 2 nitrogen and oxygen atoms in total. The molecule has 15 heavy (non-hydrogen) atoms. The molecule has 1 aliphatic heterocycles. The molecule has 1 aromatic rings. The van der Waals surface area contributed by atoms with E-state index in [1.54, 1.807) is 0 Å². The summed E-state index contributed by atoms with van der Waals surface area (Å²) in [5.41, 5.74) is 0.976. The van der Waals surface area contributed by atoms with Crippen LogP contribution in [-0.4, -0.2) is 12.3 Å². The van der Waals surface area contributed by atoms with Gasteiger partial charge in [-0.25, -0.2) is 0 Å². The molecule has 0 aliphatic carbocycles. The molecule has 1 fully saturated rings. The number of benzene rings is 1. The van der Waals surface area contributed by atoms with Gasteiger partial charge in [-0.15, -0.1) is 0 Å². The molecular formula is C12H14BrNO. The van der Waals surface area contributed by atoms with E-state index in [2.05, 4.69) is 40.3 Å². The Balaban J connectivity index is 2.32. The van der Waals surface area contributed by atoms with Crippen molar-refractivity contribution in [3.63, 3.8) is 0 Å². The Labute approximate surface area is 98.2 Å². The molecule has 2 rings (SSSR count). The van der Waals surface area contributed by atoms with E-state index in [0.29, 0.717) is 18.6 Å². The second-order valence-electron chi connectivity index (χ2n) is 4.23. The van der Waals surface area contributed by atoms with Crippen molar-refractivity contribution in [2.45, 2.75) is 25.3 Å². The van der Waals surface area contributed by atoms with Gasteiger partial charge in [0.25, 0.3) is 0 Å². The first-order chi connectivity index (χ1) is 7.10. The predicted molar refractivity (Wildman–Crippen MR) is 63.7 cm³/mol. The van der Waals surface area contributed by atoms with Crippen molar-refractivity contribution >= 4 is 21.7 Å². The average molecular weight is 268 g/mol. The van der Waals surface area contributed by atoms with Gasteiger partial charge in [0.2, 0.25) is 0 Å². The van der Waals surface area contributed by atoms with Crippen LogP contribution in [0.3, 0.4) is 0 Å². The Morgan fingerprint density at radius 2 is 2.27 bits per heavy atom. The van der Waals surface area contributed by atoms with Crippen LogP contribution in [0.1, 0.15) is 25.3 Å². The molecule has 0 saturated carbocycles. The minimum absolute atomic E-state index is 0.195. The fourth-order valence-corrected chi connectivity index (χ4v) is 2.46. The smallest absolute Gasteiger partial charge is 0.136 e. The lowest BCUT2D eigenvalue weighted by molar-refractivity contribution is -0.122. The third-order valence-corrected chi connectivity index (χ3v) is 3.42.